The third-order valence-corrected chi connectivity index (χ3v) is 8.32. The van der Waals surface area contributed by atoms with Crippen LogP contribution in [0.4, 0.5) is 16.2 Å². The van der Waals surface area contributed by atoms with Gasteiger partial charge in [-0.05, 0) is 85.6 Å². The molecule has 5 N–H and O–H groups in total. The molecule has 8 aromatic rings. The standard InChI is InChI=1S/C32H31N9O5/c1-19-3-9-29(43)27(15-19)40-36-23-7-5-21(17-25(23)38(36)40)33-31(45)11-12-35(13-14-42)32(46)34-22-6-8-24-26(18-22)39-37(24)41(39)28-16-20(2)4-10-30(28)44/h3-10,15-18,42-44H,11-14H2,1-2H3,(H,33,45)(H,34,46). The molecule has 0 bridgehead atoms. The fourth-order valence-electron chi connectivity index (χ4n) is 5.94. The summed E-state index contributed by atoms with van der Waals surface area (Å²) in [6.07, 6.45) is 0.0332. The lowest BCUT2D eigenvalue weighted by Gasteiger charge is -2.22. The topological polar surface area (TPSA) is 150 Å². The first-order valence-electron chi connectivity index (χ1n) is 14.9. The van der Waals surface area contributed by atoms with Gasteiger partial charge in [-0.1, -0.05) is 12.1 Å². The quantitative estimate of drug-likeness (QED) is 0.165. The number of rotatable bonds is 9. The van der Waals surface area contributed by atoms with Crippen molar-refractivity contribution >= 4 is 45.4 Å². The number of aromatic nitrogens is 6. The molecule has 46 heavy (non-hydrogen) atoms. The number of carbonyl (C=O) groups excluding carboxylic acids is 2. The number of nitrogens with one attached hydrogen (secondary N) is 2. The van der Waals surface area contributed by atoms with Gasteiger partial charge < -0.3 is 30.9 Å². The van der Waals surface area contributed by atoms with E-state index in [1.54, 1.807) is 18.2 Å². The Balaban J connectivity index is 0.914. The molecular weight excluding hydrogens is 590 g/mol. The van der Waals surface area contributed by atoms with Gasteiger partial charge in [-0.2, -0.15) is 0 Å². The fourth-order valence-corrected chi connectivity index (χ4v) is 5.94. The third kappa shape index (κ3) is 4.29. The number of hydrogen-bond donors (Lipinski definition) is 5. The molecule has 3 amide bonds. The van der Waals surface area contributed by atoms with Gasteiger partial charge in [-0.15, -0.1) is 28.1 Å². The maximum absolute atomic E-state index is 13.1. The predicted molar refractivity (Wildman–Crippen MR) is 171 cm³/mol. The van der Waals surface area contributed by atoms with Crippen LogP contribution >= 0.6 is 0 Å². The molecule has 4 aromatic heterocycles. The first kappa shape index (κ1) is 27.5. The van der Waals surface area contributed by atoms with Crippen LogP contribution in [0.5, 0.6) is 11.5 Å². The molecule has 0 aliphatic rings. The Hall–Kier alpha value is -6.02. The van der Waals surface area contributed by atoms with Gasteiger partial charge in [0.15, 0.2) is 0 Å². The molecule has 0 atom stereocenters. The maximum atomic E-state index is 13.1. The van der Waals surface area contributed by atoms with Crippen molar-refractivity contribution in [3.63, 3.8) is 0 Å². The molecule has 14 nitrogen and oxygen atoms in total. The minimum absolute atomic E-state index is 0.0332. The molecule has 0 saturated carbocycles. The number of carbonyl (C=O) groups is 2. The molecule has 0 spiro atoms. The van der Waals surface area contributed by atoms with Crippen LogP contribution < -0.4 is 10.6 Å². The molecule has 4 aromatic carbocycles. The number of fused-ring (bicyclic) bond motifs is 8. The van der Waals surface area contributed by atoms with E-state index in [1.165, 1.54) is 4.90 Å². The van der Waals surface area contributed by atoms with Crippen molar-refractivity contribution in [2.24, 2.45) is 0 Å². The van der Waals surface area contributed by atoms with Crippen LogP contribution in [0.2, 0.25) is 0 Å². The summed E-state index contributed by atoms with van der Waals surface area (Å²) >= 11 is 0. The van der Waals surface area contributed by atoms with Gasteiger partial charge in [-0.25, -0.2) is 4.79 Å². The van der Waals surface area contributed by atoms with Crippen LogP contribution in [0.3, 0.4) is 0 Å². The minimum Gasteiger partial charge on any atom is -0.506 e. The number of aryl methyl sites for hydroxylation is 2. The van der Waals surface area contributed by atoms with E-state index >= 15 is 0 Å². The van der Waals surface area contributed by atoms with Crippen molar-refractivity contribution in [2.75, 3.05) is 30.3 Å². The number of urea groups is 1. The van der Waals surface area contributed by atoms with E-state index in [9.17, 15) is 24.9 Å². The highest BCUT2D eigenvalue weighted by molar-refractivity contribution is 5.95. The summed E-state index contributed by atoms with van der Waals surface area (Å²) < 4.78 is 7.61. The second-order valence-electron chi connectivity index (χ2n) is 11.6. The lowest BCUT2D eigenvalue weighted by Crippen LogP contribution is -2.39. The zero-order valence-electron chi connectivity index (χ0n) is 25.0. The van der Waals surface area contributed by atoms with Crippen LogP contribution in [-0.2, 0) is 4.79 Å². The van der Waals surface area contributed by atoms with Crippen molar-refractivity contribution in [1.29, 1.82) is 0 Å². The SMILES string of the molecule is Cc1ccc(O)c(-n2n3c4ccc(NC(=O)CCN(CCO)C(=O)Nc5ccc6c(c5)n5n(-c7cc(C)ccc7O)n65)cc4n23)c1. The number of aliphatic hydroxyl groups excluding tert-OH is 1. The Morgan fingerprint density at radius 2 is 1.15 bits per heavy atom. The highest BCUT2D eigenvalue weighted by atomic mass is 16.3. The highest BCUT2D eigenvalue weighted by Gasteiger charge is 2.28. The van der Waals surface area contributed by atoms with Crippen LogP contribution in [-0.4, -0.2) is 80.0 Å². The average molecular weight is 622 g/mol. The number of aromatic hydroxyl groups is 2. The Labute approximate surface area is 260 Å². The normalized spacial score (nSPS) is 12.1. The number of nitrogens with zero attached hydrogens (tertiary/aromatic N) is 7. The molecule has 0 aliphatic heterocycles. The molecule has 0 aliphatic carbocycles. The molecule has 14 heteroatoms. The maximum Gasteiger partial charge on any atom is 0.321 e. The zero-order chi connectivity index (χ0) is 31.9. The highest BCUT2D eigenvalue weighted by Crippen LogP contribution is 2.34. The van der Waals surface area contributed by atoms with E-state index < -0.39 is 6.03 Å². The summed E-state index contributed by atoms with van der Waals surface area (Å²) in [6.45, 7) is 3.84. The summed E-state index contributed by atoms with van der Waals surface area (Å²) in [5, 5.41) is 36.0. The predicted octanol–water partition coefficient (Wildman–Crippen LogP) is 4.04. The Morgan fingerprint density at radius 1 is 0.652 bits per heavy atom. The van der Waals surface area contributed by atoms with Gasteiger partial charge in [0, 0.05) is 30.9 Å². The number of anilines is 2. The lowest BCUT2D eigenvalue weighted by atomic mass is 10.2. The molecule has 8 rings (SSSR count). The number of phenolic OH excluding ortho intramolecular Hbond substituents is 2. The summed E-state index contributed by atoms with van der Waals surface area (Å²) in [6, 6.07) is 21.5. The smallest absolute Gasteiger partial charge is 0.321 e. The van der Waals surface area contributed by atoms with Gasteiger partial charge in [0.2, 0.25) is 5.91 Å². The monoisotopic (exact) mass is 621 g/mol. The lowest BCUT2D eigenvalue weighted by molar-refractivity contribution is -0.116. The fraction of sp³-hybridized carbons (Fsp3) is 0.188. The Morgan fingerprint density at radius 3 is 1.67 bits per heavy atom. The molecule has 0 saturated heterocycles. The van der Waals surface area contributed by atoms with Crippen molar-refractivity contribution in [3.8, 4) is 22.9 Å². The summed E-state index contributed by atoms with van der Waals surface area (Å²) in [5.74, 6) is 0.0740. The molecule has 234 valence electrons. The second-order valence-corrected chi connectivity index (χ2v) is 11.6. The minimum atomic E-state index is -0.431. The number of hydrogen-bond acceptors (Lipinski definition) is 5. The Bertz CT molecular complexity index is 2400. The Kier molecular flexibility index (Phi) is 5.98. The van der Waals surface area contributed by atoms with Crippen LogP contribution in [0, 0.1) is 13.8 Å². The van der Waals surface area contributed by atoms with Crippen molar-refractivity contribution in [1.82, 2.24) is 33.0 Å². The first-order valence-corrected chi connectivity index (χ1v) is 14.9. The molecule has 4 heterocycles. The number of aliphatic hydroxyl groups is 1. The van der Waals surface area contributed by atoms with Gasteiger partial charge in [0.05, 0.1) is 6.61 Å². The van der Waals surface area contributed by atoms with Crippen molar-refractivity contribution in [2.45, 2.75) is 20.3 Å². The van der Waals surface area contributed by atoms with Gasteiger partial charge in [0.25, 0.3) is 0 Å². The van der Waals surface area contributed by atoms with Crippen molar-refractivity contribution in [3.05, 3.63) is 83.9 Å². The summed E-state index contributed by atoms with van der Waals surface area (Å²) in [5.41, 5.74) is 8.21. The molecule has 0 radical (unpaired) electrons. The van der Waals surface area contributed by atoms with E-state index in [0.717, 1.165) is 33.2 Å². The number of amides is 3. The number of benzene rings is 4. The molecular formula is C32H31N9O5. The zero-order valence-corrected chi connectivity index (χ0v) is 25.0. The van der Waals surface area contributed by atoms with E-state index in [2.05, 4.69) is 10.6 Å². The third-order valence-electron chi connectivity index (χ3n) is 8.32. The van der Waals surface area contributed by atoms with E-state index in [4.69, 9.17) is 0 Å². The number of phenols is 2. The average Bonchev–Trinajstić information content (AvgIpc) is 3.90. The van der Waals surface area contributed by atoms with Gasteiger partial charge in [-0.3, -0.25) is 4.79 Å². The summed E-state index contributed by atoms with van der Waals surface area (Å²) in [4.78, 5) is 31.1. The van der Waals surface area contributed by atoms with Crippen LogP contribution in [0.1, 0.15) is 17.5 Å². The van der Waals surface area contributed by atoms with E-state index in [1.807, 2.05) is 96.6 Å². The van der Waals surface area contributed by atoms with Gasteiger partial charge in [0.1, 0.15) is 44.9 Å². The second kappa shape index (κ2) is 10.0. The largest absolute Gasteiger partial charge is 0.506 e. The van der Waals surface area contributed by atoms with E-state index in [0.29, 0.717) is 22.7 Å². The molecule has 0 fully saturated rings. The van der Waals surface area contributed by atoms with Crippen molar-refractivity contribution < 1.29 is 24.9 Å². The summed E-state index contributed by atoms with van der Waals surface area (Å²) in [7, 11) is 0. The first-order chi connectivity index (χ1) is 22.2. The van der Waals surface area contributed by atoms with Crippen LogP contribution in [0.15, 0.2) is 72.8 Å². The van der Waals surface area contributed by atoms with Crippen LogP contribution in [0.25, 0.3) is 33.4 Å². The van der Waals surface area contributed by atoms with E-state index in [-0.39, 0.29) is 43.5 Å². The van der Waals surface area contributed by atoms with Gasteiger partial charge >= 0.3 is 6.03 Å². The molecule has 0 unspecified atom stereocenters.